The number of hydrogen-bond donors (Lipinski definition) is 0. The summed E-state index contributed by atoms with van der Waals surface area (Å²) in [7, 11) is 0. The molecule has 0 unspecified atom stereocenters. The molecule has 0 aliphatic carbocycles. The van der Waals surface area contributed by atoms with E-state index in [4.69, 9.17) is 4.42 Å². The summed E-state index contributed by atoms with van der Waals surface area (Å²) in [4.78, 5) is 0. The second kappa shape index (κ2) is 7.94. The molecule has 0 fully saturated rings. The zero-order valence-electron chi connectivity index (χ0n) is 15.0. The summed E-state index contributed by atoms with van der Waals surface area (Å²) < 4.78 is 73.2. The predicted molar refractivity (Wildman–Crippen MR) is 100.0 cm³/mol. The number of alkyl halides is 3. The standard InChI is InChI=1S/C20H12F5N3OS/c21-14-7-12(8-15(22)10-14)11-30-19-27-26-18(17-5-2-6-29-17)28(19)16-4-1-3-13(9-16)20(23,24)25/h1-10H,11H2. The van der Waals surface area contributed by atoms with Crippen LogP contribution in [0, 0.1) is 11.6 Å². The topological polar surface area (TPSA) is 43.9 Å². The van der Waals surface area contributed by atoms with Crippen LogP contribution in [0.15, 0.2) is 70.4 Å². The van der Waals surface area contributed by atoms with E-state index in [1.54, 1.807) is 12.1 Å². The molecule has 0 aliphatic heterocycles. The molecule has 4 rings (SSSR count). The van der Waals surface area contributed by atoms with Crippen molar-refractivity contribution >= 4 is 11.8 Å². The van der Waals surface area contributed by atoms with E-state index in [2.05, 4.69) is 10.2 Å². The van der Waals surface area contributed by atoms with Crippen molar-refractivity contribution in [1.82, 2.24) is 14.8 Å². The van der Waals surface area contributed by atoms with Crippen LogP contribution < -0.4 is 0 Å². The van der Waals surface area contributed by atoms with E-state index in [-0.39, 0.29) is 22.4 Å². The van der Waals surface area contributed by atoms with E-state index < -0.39 is 23.4 Å². The van der Waals surface area contributed by atoms with Crippen LogP contribution in [0.4, 0.5) is 22.0 Å². The smallest absolute Gasteiger partial charge is 0.416 e. The van der Waals surface area contributed by atoms with E-state index in [0.29, 0.717) is 11.3 Å². The van der Waals surface area contributed by atoms with Gasteiger partial charge in [0, 0.05) is 11.8 Å². The summed E-state index contributed by atoms with van der Waals surface area (Å²) in [6.45, 7) is 0. The summed E-state index contributed by atoms with van der Waals surface area (Å²) in [6.07, 6.45) is -3.12. The van der Waals surface area contributed by atoms with Gasteiger partial charge in [0.05, 0.1) is 17.5 Å². The van der Waals surface area contributed by atoms with Gasteiger partial charge in [-0.25, -0.2) is 8.78 Å². The summed E-state index contributed by atoms with van der Waals surface area (Å²) in [5.74, 6) is -0.803. The van der Waals surface area contributed by atoms with Crippen LogP contribution in [0.2, 0.25) is 0 Å². The second-order valence-electron chi connectivity index (χ2n) is 6.23. The third-order valence-electron chi connectivity index (χ3n) is 4.10. The molecule has 0 bridgehead atoms. The second-order valence-corrected chi connectivity index (χ2v) is 7.18. The number of thioether (sulfide) groups is 1. The Balaban J connectivity index is 1.75. The average Bonchev–Trinajstić information content (AvgIpc) is 3.34. The minimum Gasteiger partial charge on any atom is -0.461 e. The van der Waals surface area contributed by atoms with Gasteiger partial charge >= 0.3 is 6.18 Å². The van der Waals surface area contributed by atoms with Crippen LogP contribution in [0.5, 0.6) is 0 Å². The molecule has 4 nitrogen and oxygen atoms in total. The van der Waals surface area contributed by atoms with Crippen molar-refractivity contribution < 1.29 is 26.4 Å². The van der Waals surface area contributed by atoms with E-state index in [1.807, 2.05) is 0 Å². The van der Waals surface area contributed by atoms with Crippen LogP contribution in [0.25, 0.3) is 17.3 Å². The van der Waals surface area contributed by atoms with Crippen LogP contribution in [-0.2, 0) is 11.9 Å². The Morgan fingerprint density at radius 2 is 1.70 bits per heavy atom. The molecule has 4 aromatic rings. The van der Waals surface area contributed by atoms with Gasteiger partial charge in [-0.05, 0) is 48.0 Å². The van der Waals surface area contributed by atoms with Crippen LogP contribution in [0.1, 0.15) is 11.1 Å². The van der Waals surface area contributed by atoms with Gasteiger partial charge in [-0.2, -0.15) is 13.2 Å². The van der Waals surface area contributed by atoms with Crippen molar-refractivity contribution in [1.29, 1.82) is 0 Å². The Morgan fingerprint density at radius 1 is 0.933 bits per heavy atom. The number of hydrogen-bond acceptors (Lipinski definition) is 4. The van der Waals surface area contributed by atoms with E-state index >= 15 is 0 Å². The summed E-state index contributed by atoms with van der Waals surface area (Å²) in [6, 6.07) is 11.0. The van der Waals surface area contributed by atoms with Crippen molar-refractivity contribution in [2.45, 2.75) is 17.1 Å². The first-order valence-corrected chi connectivity index (χ1v) is 9.54. The minimum absolute atomic E-state index is 0.129. The van der Waals surface area contributed by atoms with Gasteiger partial charge in [0.25, 0.3) is 0 Å². The number of rotatable bonds is 5. The molecule has 0 spiro atoms. The monoisotopic (exact) mass is 437 g/mol. The van der Waals surface area contributed by atoms with Gasteiger partial charge in [-0.1, -0.05) is 17.8 Å². The fourth-order valence-corrected chi connectivity index (χ4v) is 3.71. The molecule has 0 radical (unpaired) electrons. The number of aromatic nitrogens is 3. The van der Waals surface area contributed by atoms with Crippen molar-refractivity contribution in [3.63, 3.8) is 0 Å². The van der Waals surface area contributed by atoms with Crippen LogP contribution in [-0.4, -0.2) is 14.8 Å². The van der Waals surface area contributed by atoms with Gasteiger partial charge in [0.1, 0.15) is 11.6 Å². The van der Waals surface area contributed by atoms with Crippen molar-refractivity contribution in [3.8, 4) is 17.3 Å². The summed E-state index contributed by atoms with van der Waals surface area (Å²) in [5, 5.41) is 8.33. The van der Waals surface area contributed by atoms with E-state index in [9.17, 15) is 22.0 Å². The molecule has 0 atom stereocenters. The Morgan fingerprint density at radius 3 is 2.37 bits per heavy atom. The van der Waals surface area contributed by atoms with Crippen LogP contribution >= 0.6 is 11.8 Å². The highest BCUT2D eigenvalue weighted by Gasteiger charge is 2.31. The van der Waals surface area contributed by atoms with Gasteiger partial charge < -0.3 is 4.42 Å². The van der Waals surface area contributed by atoms with Gasteiger partial charge in [-0.3, -0.25) is 4.57 Å². The lowest BCUT2D eigenvalue weighted by Crippen LogP contribution is -2.07. The van der Waals surface area contributed by atoms with Gasteiger partial charge in [-0.15, -0.1) is 10.2 Å². The number of nitrogens with zero attached hydrogens (tertiary/aromatic N) is 3. The number of furan rings is 1. The third-order valence-corrected chi connectivity index (χ3v) is 5.10. The highest BCUT2D eigenvalue weighted by Crippen LogP contribution is 2.34. The maximum Gasteiger partial charge on any atom is 0.416 e. The molecule has 0 N–H and O–H groups in total. The largest absolute Gasteiger partial charge is 0.461 e. The van der Waals surface area contributed by atoms with Crippen LogP contribution in [0.3, 0.4) is 0 Å². The fraction of sp³-hybridized carbons (Fsp3) is 0.100. The molecule has 154 valence electrons. The lowest BCUT2D eigenvalue weighted by Gasteiger charge is -2.12. The lowest BCUT2D eigenvalue weighted by atomic mass is 10.2. The maximum atomic E-state index is 13.4. The predicted octanol–water partition coefficient (Wildman–Crippen LogP) is 6.12. The van der Waals surface area contributed by atoms with Gasteiger partial charge in [0.15, 0.2) is 10.9 Å². The molecule has 2 aromatic carbocycles. The maximum absolute atomic E-state index is 13.4. The highest BCUT2D eigenvalue weighted by atomic mass is 32.2. The Hall–Kier alpha value is -3.14. The zero-order valence-corrected chi connectivity index (χ0v) is 15.8. The number of halogens is 5. The Kier molecular flexibility index (Phi) is 5.33. The molecule has 0 saturated heterocycles. The SMILES string of the molecule is Fc1cc(F)cc(CSc2nnc(-c3ccco3)n2-c2cccc(C(F)(F)F)c2)c1. The number of benzene rings is 2. The molecule has 2 aromatic heterocycles. The van der Waals surface area contributed by atoms with Crippen molar-refractivity contribution in [2.75, 3.05) is 0 Å². The summed E-state index contributed by atoms with van der Waals surface area (Å²) >= 11 is 1.08. The molecular formula is C20H12F5N3OS. The molecule has 0 aliphatic rings. The average molecular weight is 437 g/mol. The normalized spacial score (nSPS) is 11.8. The Labute approximate surface area is 171 Å². The summed E-state index contributed by atoms with van der Waals surface area (Å²) in [5.41, 5.74) is -0.299. The molecule has 0 amide bonds. The van der Waals surface area contributed by atoms with Crippen molar-refractivity contribution in [2.24, 2.45) is 0 Å². The molecule has 0 saturated carbocycles. The third kappa shape index (κ3) is 4.23. The first-order chi connectivity index (χ1) is 14.3. The Bertz CT molecular complexity index is 1150. The van der Waals surface area contributed by atoms with Crippen molar-refractivity contribution in [3.05, 3.63) is 83.6 Å². The van der Waals surface area contributed by atoms with E-state index in [0.717, 1.165) is 30.0 Å². The zero-order chi connectivity index (χ0) is 21.3. The molecule has 30 heavy (non-hydrogen) atoms. The first-order valence-electron chi connectivity index (χ1n) is 8.56. The molecular weight excluding hydrogens is 425 g/mol. The van der Waals surface area contributed by atoms with E-state index in [1.165, 1.54) is 35.1 Å². The fourth-order valence-electron chi connectivity index (χ4n) is 2.83. The highest BCUT2D eigenvalue weighted by molar-refractivity contribution is 7.98. The lowest BCUT2D eigenvalue weighted by molar-refractivity contribution is -0.137. The minimum atomic E-state index is -4.53. The quantitative estimate of drug-likeness (QED) is 0.279. The molecule has 10 heteroatoms. The molecule has 2 heterocycles. The van der Waals surface area contributed by atoms with Gasteiger partial charge in [0.2, 0.25) is 5.82 Å². The first kappa shape index (κ1) is 20.1.